The zero-order valence-corrected chi connectivity index (χ0v) is 6.62. The van der Waals surface area contributed by atoms with Gasteiger partial charge in [0.2, 0.25) is 0 Å². The number of rotatable bonds is 2. The van der Waals surface area contributed by atoms with Gasteiger partial charge in [0, 0.05) is 0 Å². The summed E-state index contributed by atoms with van der Waals surface area (Å²) >= 11 is 0. The van der Waals surface area contributed by atoms with Crippen molar-refractivity contribution in [2.75, 3.05) is 7.11 Å². The first-order valence-electron chi connectivity index (χ1n) is 3.73. The van der Waals surface area contributed by atoms with Crippen LogP contribution in [0.1, 0.15) is 12.8 Å². The fourth-order valence-electron chi connectivity index (χ4n) is 1.08. The van der Waals surface area contributed by atoms with Crippen LogP contribution >= 0.6 is 0 Å². The van der Waals surface area contributed by atoms with Crippen LogP contribution in [-0.2, 0) is 9.53 Å². The normalized spacial score (nSPS) is 21.7. The Morgan fingerprint density at radius 2 is 2.45 bits per heavy atom. The summed E-state index contributed by atoms with van der Waals surface area (Å²) in [6.45, 7) is 0. The summed E-state index contributed by atoms with van der Waals surface area (Å²) in [6.07, 6.45) is 9.51. The van der Waals surface area contributed by atoms with E-state index in [-0.39, 0.29) is 5.97 Å². The number of ether oxygens (including phenoxy) is 1. The summed E-state index contributed by atoms with van der Waals surface area (Å²) in [5.41, 5.74) is 0. The van der Waals surface area contributed by atoms with Gasteiger partial charge in [-0.15, -0.1) is 0 Å². The molecule has 1 aliphatic carbocycles. The maximum absolute atomic E-state index is 10.8. The topological polar surface area (TPSA) is 26.3 Å². The summed E-state index contributed by atoms with van der Waals surface area (Å²) in [4.78, 5) is 10.8. The average molecular weight is 152 g/mol. The third-order valence-electron chi connectivity index (χ3n) is 1.73. The first-order chi connectivity index (χ1) is 5.33. The van der Waals surface area contributed by atoms with Crippen molar-refractivity contribution in [2.45, 2.75) is 12.8 Å². The molecule has 0 aliphatic heterocycles. The molecule has 0 saturated heterocycles. The lowest BCUT2D eigenvalue weighted by Crippen LogP contribution is -2.08. The minimum atomic E-state index is -0.130. The molecule has 0 spiro atoms. The first kappa shape index (κ1) is 8.05. The van der Waals surface area contributed by atoms with E-state index in [1.54, 1.807) is 0 Å². The van der Waals surface area contributed by atoms with Gasteiger partial charge in [0.25, 0.3) is 0 Å². The molecule has 0 N–H and O–H groups in total. The molecular formula is C9H12O2. The molecular weight excluding hydrogens is 140 g/mol. The molecule has 0 amide bonds. The highest BCUT2D eigenvalue weighted by molar-refractivity contribution is 5.69. The maximum atomic E-state index is 10.8. The van der Waals surface area contributed by atoms with E-state index in [4.69, 9.17) is 0 Å². The smallest absolute Gasteiger partial charge is 0.306 e. The van der Waals surface area contributed by atoms with Crippen molar-refractivity contribution in [3.8, 4) is 0 Å². The number of hydrogen-bond donors (Lipinski definition) is 0. The number of hydrogen-bond acceptors (Lipinski definition) is 2. The largest absolute Gasteiger partial charge is 0.469 e. The van der Waals surface area contributed by atoms with Crippen LogP contribution in [0.4, 0.5) is 0 Å². The van der Waals surface area contributed by atoms with Crippen LogP contribution in [0, 0.1) is 5.92 Å². The Hall–Kier alpha value is -1.05. The maximum Gasteiger partial charge on any atom is 0.306 e. The van der Waals surface area contributed by atoms with Crippen LogP contribution in [0.5, 0.6) is 0 Å². The van der Waals surface area contributed by atoms with Gasteiger partial charge in [0.15, 0.2) is 0 Å². The van der Waals surface area contributed by atoms with Crippen LogP contribution < -0.4 is 0 Å². The Balaban J connectivity index is 2.33. The SMILES string of the molecule is COC(=O)C[C@H]1C=CC=CC1. The van der Waals surface area contributed by atoms with Gasteiger partial charge in [-0.1, -0.05) is 24.3 Å². The molecule has 0 saturated carbocycles. The highest BCUT2D eigenvalue weighted by Gasteiger charge is 2.10. The summed E-state index contributed by atoms with van der Waals surface area (Å²) in [7, 11) is 1.42. The zero-order valence-electron chi connectivity index (χ0n) is 6.62. The van der Waals surface area contributed by atoms with Gasteiger partial charge in [0.05, 0.1) is 13.5 Å². The standard InChI is InChI=1S/C9H12O2/c1-11-9(10)7-8-5-3-2-4-6-8/h2-5,8H,6-7H2,1H3/t8-/m0/s1. The monoisotopic (exact) mass is 152 g/mol. The quantitative estimate of drug-likeness (QED) is 0.563. The lowest BCUT2D eigenvalue weighted by molar-refractivity contribution is -0.141. The zero-order chi connectivity index (χ0) is 8.10. The van der Waals surface area contributed by atoms with Gasteiger partial charge in [0.1, 0.15) is 0 Å². The first-order valence-corrected chi connectivity index (χ1v) is 3.73. The van der Waals surface area contributed by atoms with E-state index in [1.165, 1.54) is 7.11 Å². The van der Waals surface area contributed by atoms with E-state index in [1.807, 2.05) is 18.2 Å². The molecule has 0 unspecified atom stereocenters. The Morgan fingerprint density at radius 1 is 1.64 bits per heavy atom. The molecule has 11 heavy (non-hydrogen) atoms. The van der Waals surface area contributed by atoms with E-state index >= 15 is 0 Å². The summed E-state index contributed by atoms with van der Waals surface area (Å²) in [6, 6.07) is 0. The second-order valence-electron chi connectivity index (χ2n) is 2.59. The third-order valence-corrected chi connectivity index (χ3v) is 1.73. The second-order valence-corrected chi connectivity index (χ2v) is 2.59. The van der Waals surface area contributed by atoms with E-state index in [2.05, 4.69) is 10.8 Å². The van der Waals surface area contributed by atoms with E-state index < -0.39 is 0 Å². The van der Waals surface area contributed by atoms with E-state index in [0.29, 0.717) is 12.3 Å². The highest BCUT2D eigenvalue weighted by atomic mass is 16.5. The van der Waals surface area contributed by atoms with Crippen LogP contribution in [0.25, 0.3) is 0 Å². The van der Waals surface area contributed by atoms with Gasteiger partial charge < -0.3 is 4.74 Å². The lowest BCUT2D eigenvalue weighted by atomic mass is 9.98. The Bertz CT molecular complexity index is 192. The molecule has 0 bridgehead atoms. The molecule has 2 nitrogen and oxygen atoms in total. The van der Waals surface area contributed by atoms with E-state index in [9.17, 15) is 4.79 Å². The molecule has 60 valence electrons. The molecule has 0 fully saturated rings. The minimum Gasteiger partial charge on any atom is -0.469 e. The van der Waals surface area contributed by atoms with Crippen molar-refractivity contribution in [3.05, 3.63) is 24.3 Å². The molecule has 1 atom stereocenters. The number of allylic oxidation sites excluding steroid dienone is 4. The molecule has 0 radical (unpaired) electrons. The molecule has 0 heterocycles. The second kappa shape index (κ2) is 3.96. The Kier molecular flexibility index (Phi) is 2.90. The Morgan fingerprint density at radius 3 is 3.00 bits per heavy atom. The molecule has 1 aliphatic rings. The van der Waals surface area contributed by atoms with Gasteiger partial charge in [-0.2, -0.15) is 0 Å². The van der Waals surface area contributed by atoms with Gasteiger partial charge in [-0.3, -0.25) is 4.79 Å². The van der Waals surface area contributed by atoms with E-state index in [0.717, 1.165) is 6.42 Å². The number of esters is 1. The van der Waals surface area contributed by atoms with Crippen LogP contribution in [0.2, 0.25) is 0 Å². The van der Waals surface area contributed by atoms with Crippen molar-refractivity contribution in [1.29, 1.82) is 0 Å². The number of carbonyl (C=O) groups is 1. The van der Waals surface area contributed by atoms with Crippen LogP contribution in [0.3, 0.4) is 0 Å². The molecule has 0 aromatic heterocycles. The van der Waals surface area contributed by atoms with Crippen molar-refractivity contribution in [2.24, 2.45) is 5.92 Å². The molecule has 0 aromatic rings. The fourth-order valence-corrected chi connectivity index (χ4v) is 1.08. The van der Waals surface area contributed by atoms with Crippen molar-refractivity contribution in [1.82, 2.24) is 0 Å². The average Bonchev–Trinajstić information content (AvgIpc) is 2.06. The summed E-state index contributed by atoms with van der Waals surface area (Å²) in [5.74, 6) is 0.211. The predicted octanol–water partition coefficient (Wildman–Crippen LogP) is 1.68. The summed E-state index contributed by atoms with van der Waals surface area (Å²) in [5, 5.41) is 0. The molecule has 2 heteroatoms. The third kappa shape index (κ3) is 2.58. The lowest BCUT2D eigenvalue weighted by Gasteiger charge is -2.10. The van der Waals surface area contributed by atoms with Gasteiger partial charge in [-0.05, 0) is 12.3 Å². The van der Waals surface area contributed by atoms with Gasteiger partial charge >= 0.3 is 5.97 Å². The van der Waals surface area contributed by atoms with Crippen LogP contribution in [-0.4, -0.2) is 13.1 Å². The van der Waals surface area contributed by atoms with Crippen molar-refractivity contribution >= 4 is 5.97 Å². The minimum absolute atomic E-state index is 0.130. The highest BCUT2D eigenvalue weighted by Crippen LogP contribution is 2.15. The summed E-state index contributed by atoms with van der Waals surface area (Å²) < 4.78 is 4.56. The molecule has 0 aromatic carbocycles. The Labute approximate surface area is 66.5 Å². The van der Waals surface area contributed by atoms with Crippen LogP contribution in [0.15, 0.2) is 24.3 Å². The predicted molar refractivity (Wildman–Crippen MR) is 43.0 cm³/mol. The molecule has 1 rings (SSSR count). The van der Waals surface area contributed by atoms with Crippen molar-refractivity contribution < 1.29 is 9.53 Å². The van der Waals surface area contributed by atoms with Crippen molar-refractivity contribution in [3.63, 3.8) is 0 Å². The van der Waals surface area contributed by atoms with Gasteiger partial charge in [-0.25, -0.2) is 0 Å². The fraction of sp³-hybridized carbons (Fsp3) is 0.444. The number of carbonyl (C=O) groups excluding carboxylic acids is 1. The number of methoxy groups -OCH3 is 1.